The zero-order chi connectivity index (χ0) is 26.3. The first-order valence-electron chi connectivity index (χ1n) is 14.1. The minimum atomic E-state index is -0.568. The third-order valence-electron chi connectivity index (χ3n) is 7.85. The largest absolute Gasteiger partial charge is 0.494 e. The predicted molar refractivity (Wildman–Crippen MR) is 148 cm³/mol. The van der Waals surface area contributed by atoms with Gasteiger partial charge >= 0.3 is 0 Å². The molecule has 0 amide bonds. The van der Waals surface area contributed by atoms with Gasteiger partial charge in [-0.15, -0.1) is 0 Å². The van der Waals surface area contributed by atoms with E-state index in [1.165, 1.54) is 0 Å². The molecule has 1 aliphatic heterocycles. The zero-order valence-corrected chi connectivity index (χ0v) is 23.3. The summed E-state index contributed by atoms with van der Waals surface area (Å²) in [6.45, 7) is 8.33. The fourth-order valence-electron chi connectivity index (χ4n) is 5.57. The maximum Gasteiger partial charge on any atom is 0.119 e. The van der Waals surface area contributed by atoms with E-state index in [4.69, 9.17) is 30.5 Å². The van der Waals surface area contributed by atoms with Crippen LogP contribution < -0.4 is 4.74 Å². The Hall–Kier alpha value is -1.63. The molecule has 6 heteroatoms. The van der Waals surface area contributed by atoms with Crippen molar-refractivity contribution in [3.63, 3.8) is 0 Å². The Bertz CT molecular complexity index is 976. The predicted octanol–water partition coefficient (Wildman–Crippen LogP) is 6.91. The molecule has 1 saturated carbocycles. The molecule has 1 saturated heterocycles. The standard InChI is InChI=1S/C31H43ClO5/c1-4-7-17-35-29-26-15-16-31(26,21-33)37-28(30(29)36-18-8-5-2)23-11-14-27(32)24(20-23)19-22-9-12-25(13-10-22)34-6-3/h9-14,20,26,28-30,33H,4-8,15-19,21H2,1-3H3/t26-,28+,29+,30+,31+/m1/s1. The molecule has 0 radical (unpaired) electrons. The first kappa shape index (κ1) is 28.4. The average Bonchev–Trinajstić information content (AvgIpc) is 2.89. The summed E-state index contributed by atoms with van der Waals surface area (Å²) in [4.78, 5) is 0. The quantitative estimate of drug-likeness (QED) is 0.269. The summed E-state index contributed by atoms with van der Waals surface area (Å²) < 4.78 is 25.4. The SMILES string of the molecule is CCCCO[C@@H]1[C@@H](OCCCC)[C@H](c2ccc(Cl)c(Cc3ccc(OCC)cc3)c2)O[C@]2(CO)CC[C@H]12. The Labute approximate surface area is 227 Å². The van der Waals surface area contributed by atoms with Crippen LogP contribution in [0.1, 0.15) is 82.1 Å². The lowest BCUT2D eigenvalue weighted by molar-refractivity contribution is -0.313. The van der Waals surface area contributed by atoms with E-state index in [1.807, 2.05) is 31.2 Å². The van der Waals surface area contributed by atoms with E-state index >= 15 is 0 Å². The van der Waals surface area contributed by atoms with Crippen LogP contribution in [-0.4, -0.2) is 49.3 Å². The second-order valence-electron chi connectivity index (χ2n) is 10.4. The highest BCUT2D eigenvalue weighted by molar-refractivity contribution is 6.31. The molecule has 37 heavy (non-hydrogen) atoms. The van der Waals surface area contributed by atoms with Gasteiger partial charge in [-0.25, -0.2) is 0 Å². The molecule has 0 spiro atoms. The van der Waals surface area contributed by atoms with Crippen LogP contribution in [0.25, 0.3) is 0 Å². The highest BCUT2D eigenvalue weighted by Crippen LogP contribution is 2.54. The normalized spacial score (nSPS) is 26.9. The topological polar surface area (TPSA) is 57.2 Å². The Morgan fingerprint density at radius 1 is 0.973 bits per heavy atom. The molecule has 4 rings (SSSR count). The van der Waals surface area contributed by atoms with E-state index in [0.29, 0.717) is 26.2 Å². The Balaban J connectivity index is 1.62. The molecule has 2 aromatic rings. The van der Waals surface area contributed by atoms with Gasteiger partial charge in [-0.2, -0.15) is 0 Å². The molecule has 2 aromatic carbocycles. The second kappa shape index (κ2) is 13.4. The number of hydrogen-bond donors (Lipinski definition) is 1. The number of hydrogen-bond acceptors (Lipinski definition) is 5. The van der Waals surface area contributed by atoms with Crippen LogP contribution in [0, 0.1) is 5.92 Å². The summed E-state index contributed by atoms with van der Waals surface area (Å²) in [6, 6.07) is 14.3. The zero-order valence-electron chi connectivity index (χ0n) is 22.6. The third-order valence-corrected chi connectivity index (χ3v) is 8.21. The minimum absolute atomic E-state index is 0.00386. The van der Waals surface area contributed by atoms with Gasteiger partial charge in [0.2, 0.25) is 0 Å². The Morgan fingerprint density at radius 2 is 1.68 bits per heavy atom. The number of benzene rings is 2. The lowest BCUT2D eigenvalue weighted by Gasteiger charge is -2.59. The van der Waals surface area contributed by atoms with E-state index in [1.54, 1.807) is 0 Å². The smallest absolute Gasteiger partial charge is 0.119 e. The summed E-state index contributed by atoms with van der Waals surface area (Å²) in [6.07, 6.45) is 6.02. The van der Waals surface area contributed by atoms with Crippen LogP contribution in [0.2, 0.25) is 5.02 Å². The summed E-state index contributed by atoms with van der Waals surface area (Å²) >= 11 is 6.67. The number of aliphatic hydroxyl groups is 1. The molecule has 1 aliphatic carbocycles. The first-order chi connectivity index (χ1) is 18.0. The summed E-state index contributed by atoms with van der Waals surface area (Å²) in [5, 5.41) is 11.2. The van der Waals surface area contributed by atoms with E-state index in [2.05, 4.69) is 32.0 Å². The number of unbranched alkanes of at least 4 members (excludes halogenated alkanes) is 2. The van der Waals surface area contributed by atoms with Crippen molar-refractivity contribution < 1.29 is 24.1 Å². The van der Waals surface area contributed by atoms with Gasteiger partial charge in [0.05, 0.1) is 24.9 Å². The van der Waals surface area contributed by atoms with Crippen LogP contribution in [0.15, 0.2) is 42.5 Å². The van der Waals surface area contributed by atoms with Gasteiger partial charge in [-0.3, -0.25) is 0 Å². The van der Waals surface area contributed by atoms with Crippen molar-refractivity contribution in [1.29, 1.82) is 0 Å². The summed E-state index contributed by atoms with van der Waals surface area (Å²) in [5.41, 5.74) is 2.65. The molecular weight excluding hydrogens is 488 g/mol. The highest BCUT2D eigenvalue weighted by Gasteiger charge is 2.60. The fraction of sp³-hybridized carbons (Fsp3) is 0.613. The fourth-order valence-corrected chi connectivity index (χ4v) is 5.76. The molecule has 1 heterocycles. The van der Waals surface area contributed by atoms with Crippen LogP contribution in [0.5, 0.6) is 5.75 Å². The van der Waals surface area contributed by atoms with Crippen molar-refractivity contribution in [3.05, 3.63) is 64.2 Å². The lowest BCUT2D eigenvalue weighted by Crippen LogP contribution is -2.66. The summed E-state index contributed by atoms with van der Waals surface area (Å²) in [7, 11) is 0. The molecule has 204 valence electrons. The maximum atomic E-state index is 10.4. The van der Waals surface area contributed by atoms with Crippen LogP contribution in [-0.2, 0) is 20.6 Å². The maximum absolute atomic E-state index is 10.4. The van der Waals surface area contributed by atoms with Crippen LogP contribution >= 0.6 is 11.6 Å². The van der Waals surface area contributed by atoms with Gasteiger partial charge < -0.3 is 24.1 Å². The van der Waals surface area contributed by atoms with Crippen molar-refractivity contribution in [1.82, 2.24) is 0 Å². The minimum Gasteiger partial charge on any atom is -0.494 e. The van der Waals surface area contributed by atoms with Gasteiger partial charge in [-0.1, -0.05) is 62.6 Å². The molecule has 5 nitrogen and oxygen atoms in total. The molecule has 2 aliphatic rings. The monoisotopic (exact) mass is 530 g/mol. The van der Waals surface area contributed by atoms with Gasteiger partial charge in [0.15, 0.2) is 0 Å². The van der Waals surface area contributed by atoms with E-state index in [9.17, 15) is 5.11 Å². The number of ether oxygens (including phenoxy) is 4. The number of aliphatic hydroxyl groups excluding tert-OH is 1. The molecule has 0 unspecified atom stereocenters. The second-order valence-corrected chi connectivity index (χ2v) is 10.8. The highest BCUT2D eigenvalue weighted by atomic mass is 35.5. The van der Waals surface area contributed by atoms with Crippen molar-refractivity contribution in [3.8, 4) is 5.75 Å². The number of fused-ring (bicyclic) bond motifs is 1. The number of rotatable bonds is 14. The van der Waals surface area contributed by atoms with E-state index < -0.39 is 5.60 Å². The van der Waals surface area contributed by atoms with Crippen molar-refractivity contribution in [2.75, 3.05) is 26.4 Å². The molecule has 0 aromatic heterocycles. The molecule has 1 N–H and O–H groups in total. The van der Waals surface area contributed by atoms with E-state index in [-0.39, 0.29) is 30.8 Å². The third kappa shape index (κ3) is 6.51. The molecule has 5 atom stereocenters. The van der Waals surface area contributed by atoms with Gasteiger partial charge in [0.1, 0.15) is 18.0 Å². The molecule has 2 fully saturated rings. The first-order valence-corrected chi connectivity index (χ1v) is 14.4. The van der Waals surface area contributed by atoms with Gasteiger partial charge in [0.25, 0.3) is 0 Å². The van der Waals surface area contributed by atoms with Gasteiger partial charge in [0, 0.05) is 24.2 Å². The lowest BCUT2D eigenvalue weighted by atomic mass is 9.63. The summed E-state index contributed by atoms with van der Waals surface area (Å²) in [5.74, 6) is 1.01. The Kier molecular flexibility index (Phi) is 10.3. The van der Waals surface area contributed by atoms with E-state index in [0.717, 1.165) is 66.0 Å². The molecular formula is C31H43ClO5. The molecule has 0 bridgehead atoms. The van der Waals surface area contributed by atoms with Crippen molar-refractivity contribution >= 4 is 11.6 Å². The van der Waals surface area contributed by atoms with Crippen molar-refractivity contribution in [2.45, 2.75) is 89.6 Å². The van der Waals surface area contributed by atoms with Crippen LogP contribution in [0.4, 0.5) is 0 Å². The van der Waals surface area contributed by atoms with Crippen LogP contribution in [0.3, 0.4) is 0 Å². The van der Waals surface area contributed by atoms with Crippen molar-refractivity contribution in [2.24, 2.45) is 5.92 Å². The number of halogens is 1. The average molecular weight is 531 g/mol. The Morgan fingerprint density at radius 3 is 2.27 bits per heavy atom. The van der Waals surface area contributed by atoms with Gasteiger partial charge in [-0.05, 0) is 73.9 Å².